The van der Waals surface area contributed by atoms with Crippen molar-refractivity contribution < 1.29 is 0 Å². The maximum Gasteiger partial charge on any atom is 0.170 e. The Kier molecular flexibility index (Phi) is 4.83. The number of hydrogen-bond acceptors (Lipinski definition) is 3. The van der Waals surface area contributed by atoms with Crippen molar-refractivity contribution >= 4 is 44.6 Å². The number of halogens is 1. The highest BCUT2D eigenvalue weighted by molar-refractivity contribution is 9.11. The average Bonchev–Trinajstić information content (AvgIpc) is 3.20. The molecule has 3 aromatic rings. The van der Waals surface area contributed by atoms with Gasteiger partial charge in [-0.2, -0.15) is 0 Å². The molecule has 1 saturated heterocycles. The van der Waals surface area contributed by atoms with E-state index in [1.54, 1.807) is 11.3 Å². The highest BCUT2D eigenvalue weighted by Crippen LogP contribution is 2.42. The van der Waals surface area contributed by atoms with Gasteiger partial charge in [0.05, 0.1) is 21.6 Å². The van der Waals surface area contributed by atoms with E-state index in [1.807, 2.05) is 24.4 Å². The highest BCUT2D eigenvalue weighted by atomic mass is 79.9. The van der Waals surface area contributed by atoms with Crippen LogP contribution in [-0.4, -0.2) is 15.0 Å². The zero-order chi connectivity index (χ0) is 17.2. The molecule has 0 saturated carbocycles. The molecule has 4 rings (SSSR count). The van der Waals surface area contributed by atoms with Gasteiger partial charge in [-0.15, -0.1) is 11.3 Å². The first-order valence-electron chi connectivity index (χ1n) is 7.99. The molecule has 0 aliphatic carbocycles. The summed E-state index contributed by atoms with van der Waals surface area (Å²) in [4.78, 5) is 8.10. The Labute approximate surface area is 164 Å². The fourth-order valence-corrected chi connectivity index (χ4v) is 5.03. The largest absolute Gasteiger partial charge is 0.352 e. The monoisotopic (exact) mass is 429 g/mol. The van der Waals surface area contributed by atoms with Crippen LogP contribution in [0.25, 0.3) is 0 Å². The van der Waals surface area contributed by atoms with Crippen LogP contribution in [0.1, 0.15) is 28.2 Å². The van der Waals surface area contributed by atoms with E-state index in [9.17, 15) is 0 Å². The lowest BCUT2D eigenvalue weighted by Crippen LogP contribution is -2.28. The number of nitrogens with one attached hydrogen (secondary N) is 1. The van der Waals surface area contributed by atoms with E-state index >= 15 is 0 Å². The summed E-state index contributed by atoms with van der Waals surface area (Å²) >= 11 is 11.0. The summed E-state index contributed by atoms with van der Waals surface area (Å²) in [6.45, 7) is 0.774. The molecule has 0 unspecified atom stereocenters. The molecule has 2 atom stereocenters. The number of nitrogens with zero attached hydrogens (tertiary/aromatic N) is 2. The molecule has 1 fully saturated rings. The minimum atomic E-state index is 0.0444. The van der Waals surface area contributed by atoms with Crippen LogP contribution >= 0.6 is 39.5 Å². The van der Waals surface area contributed by atoms with E-state index < -0.39 is 0 Å². The van der Waals surface area contributed by atoms with Crippen LogP contribution in [0, 0.1) is 0 Å². The fourth-order valence-electron chi connectivity index (χ4n) is 3.15. The number of thiophene rings is 1. The van der Waals surface area contributed by atoms with Gasteiger partial charge in [-0.25, -0.2) is 0 Å². The van der Waals surface area contributed by atoms with Crippen LogP contribution in [0.4, 0.5) is 0 Å². The lowest BCUT2D eigenvalue weighted by molar-refractivity contribution is 0.315. The predicted molar refractivity (Wildman–Crippen MR) is 109 cm³/mol. The summed E-state index contributed by atoms with van der Waals surface area (Å²) < 4.78 is 1.12. The Morgan fingerprint density at radius 3 is 2.56 bits per heavy atom. The summed E-state index contributed by atoms with van der Waals surface area (Å²) in [5.74, 6) is 0. The quantitative estimate of drug-likeness (QED) is 0.585. The van der Waals surface area contributed by atoms with Gasteiger partial charge in [0.2, 0.25) is 0 Å². The van der Waals surface area contributed by atoms with Gasteiger partial charge >= 0.3 is 0 Å². The van der Waals surface area contributed by atoms with Gasteiger partial charge in [0.15, 0.2) is 5.11 Å². The SMILES string of the molecule is S=C1N[C@@H](c2ccccn2)[C@H](c2ccc(Br)s2)N1Cc1ccccc1. The zero-order valence-corrected chi connectivity index (χ0v) is 16.5. The van der Waals surface area contributed by atoms with Crippen molar-refractivity contribution in [1.82, 2.24) is 15.2 Å². The second-order valence-corrected chi connectivity index (χ2v) is 8.76. The smallest absolute Gasteiger partial charge is 0.170 e. The molecule has 1 aromatic carbocycles. The molecule has 0 spiro atoms. The molecule has 3 nitrogen and oxygen atoms in total. The molecule has 126 valence electrons. The van der Waals surface area contributed by atoms with Crippen LogP contribution in [0.5, 0.6) is 0 Å². The van der Waals surface area contributed by atoms with Crippen LogP contribution in [0.3, 0.4) is 0 Å². The van der Waals surface area contributed by atoms with Crippen molar-refractivity contribution in [2.45, 2.75) is 18.6 Å². The van der Waals surface area contributed by atoms with E-state index in [-0.39, 0.29) is 12.1 Å². The van der Waals surface area contributed by atoms with Crippen molar-refractivity contribution in [2.75, 3.05) is 0 Å². The molecule has 1 aliphatic heterocycles. The van der Waals surface area contributed by atoms with Crippen molar-refractivity contribution in [3.63, 3.8) is 0 Å². The number of thiocarbonyl (C=S) groups is 1. The lowest BCUT2D eigenvalue weighted by atomic mass is 10.0. The second-order valence-electron chi connectivity index (χ2n) is 5.88. The maximum atomic E-state index is 5.68. The third kappa shape index (κ3) is 3.47. The molecule has 0 radical (unpaired) electrons. The molecular weight excluding hydrogens is 414 g/mol. The second kappa shape index (κ2) is 7.23. The van der Waals surface area contributed by atoms with Gasteiger partial charge in [0, 0.05) is 17.6 Å². The Morgan fingerprint density at radius 2 is 1.88 bits per heavy atom. The van der Waals surface area contributed by atoms with Gasteiger partial charge in [-0.1, -0.05) is 36.4 Å². The third-order valence-electron chi connectivity index (χ3n) is 4.28. The Morgan fingerprint density at radius 1 is 1.08 bits per heavy atom. The molecule has 0 amide bonds. The molecule has 2 aromatic heterocycles. The van der Waals surface area contributed by atoms with Crippen molar-refractivity contribution in [2.24, 2.45) is 0 Å². The van der Waals surface area contributed by atoms with Crippen LogP contribution in [-0.2, 0) is 6.54 Å². The number of rotatable bonds is 4. The molecule has 1 aliphatic rings. The minimum absolute atomic E-state index is 0.0444. The molecule has 6 heteroatoms. The van der Waals surface area contributed by atoms with Gasteiger partial charge in [-0.05, 0) is 58.0 Å². The average molecular weight is 430 g/mol. The Balaban J connectivity index is 1.72. The predicted octanol–water partition coefficient (Wildman–Crippen LogP) is 5.08. The standard InChI is InChI=1S/C19H16BrN3S2/c20-16-10-9-15(25-16)18-17(14-8-4-5-11-21-14)22-19(24)23(18)12-13-6-2-1-3-7-13/h1-11,17-18H,12H2,(H,22,24)/t17-,18-/m0/s1. The summed E-state index contributed by atoms with van der Waals surface area (Å²) in [6, 6.07) is 20.9. The van der Waals surface area contributed by atoms with E-state index in [4.69, 9.17) is 12.2 Å². The first kappa shape index (κ1) is 16.7. The normalized spacial score (nSPS) is 19.9. The number of benzene rings is 1. The molecule has 1 N–H and O–H groups in total. The van der Waals surface area contributed by atoms with Crippen LogP contribution < -0.4 is 5.32 Å². The van der Waals surface area contributed by atoms with Crippen LogP contribution in [0.2, 0.25) is 0 Å². The molecule has 25 heavy (non-hydrogen) atoms. The zero-order valence-electron chi connectivity index (χ0n) is 13.3. The van der Waals surface area contributed by atoms with E-state index in [2.05, 4.69) is 73.6 Å². The lowest BCUT2D eigenvalue weighted by Gasteiger charge is -2.26. The van der Waals surface area contributed by atoms with Crippen LogP contribution in [0.15, 0.2) is 70.6 Å². The summed E-state index contributed by atoms with van der Waals surface area (Å²) in [5, 5.41) is 4.26. The molecule has 0 bridgehead atoms. The van der Waals surface area contributed by atoms with Crippen molar-refractivity contribution in [3.05, 3.63) is 86.8 Å². The number of hydrogen-bond donors (Lipinski definition) is 1. The molecular formula is C19H16BrN3S2. The van der Waals surface area contributed by atoms with E-state index in [0.29, 0.717) is 0 Å². The van der Waals surface area contributed by atoms with Crippen molar-refractivity contribution in [1.29, 1.82) is 0 Å². The summed E-state index contributed by atoms with van der Waals surface area (Å²) in [7, 11) is 0. The first-order valence-corrected chi connectivity index (χ1v) is 10.0. The highest BCUT2D eigenvalue weighted by Gasteiger charge is 2.40. The maximum absolute atomic E-state index is 5.68. The van der Waals surface area contributed by atoms with Crippen molar-refractivity contribution in [3.8, 4) is 0 Å². The van der Waals surface area contributed by atoms with E-state index in [0.717, 1.165) is 21.1 Å². The number of aromatic nitrogens is 1. The molecule has 3 heterocycles. The van der Waals surface area contributed by atoms with Gasteiger partial charge < -0.3 is 10.2 Å². The van der Waals surface area contributed by atoms with E-state index in [1.165, 1.54) is 10.4 Å². The van der Waals surface area contributed by atoms with Gasteiger partial charge in [-0.3, -0.25) is 4.98 Å². The van der Waals surface area contributed by atoms with Gasteiger partial charge in [0.1, 0.15) is 0 Å². The summed E-state index contributed by atoms with van der Waals surface area (Å²) in [5.41, 5.74) is 2.25. The fraction of sp³-hybridized carbons (Fsp3) is 0.158. The first-order chi connectivity index (χ1) is 12.2. The number of pyridine rings is 1. The minimum Gasteiger partial charge on any atom is -0.352 e. The summed E-state index contributed by atoms with van der Waals surface area (Å²) in [6.07, 6.45) is 1.83. The Hall–Kier alpha value is -1.76. The van der Waals surface area contributed by atoms with Gasteiger partial charge in [0.25, 0.3) is 0 Å². The third-order valence-corrected chi connectivity index (χ3v) is 6.33. The Bertz CT molecular complexity index is 867. The topological polar surface area (TPSA) is 28.2 Å².